The molecule has 1 aromatic carbocycles. The van der Waals surface area contributed by atoms with Crippen LogP contribution in [0.5, 0.6) is 5.75 Å². The number of ether oxygens (including phenoxy) is 1. The van der Waals surface area contributed by atoms with Gasteiger partial charge in [0.05, 0.1) is 10.7 Å². The molecule has 0 bridgehead atoms. The fourth-order valence-electron chi connectivity index (χ4n) is 2.45. The summed E-state index contributed by atoms with van der Waals surface area (Å²) in [7, 11) is 0. The maximum atomic E-state index is 11.9. The van der Waals surface area contributed by atoms with Crippen molar-refractivity contribution in [1.29, 1.82) is 0 Å². The molecule has 0 saturated carbocycles. The number of nitrogens with one attached hydrogen (secondary N) is 1. The fourth-order valence-corrected chi connectivity index (χ4v) is 3.04. The summed E-state index contributed by atoms with van der Waals surface area (Å²) in [5.41, 5.74) is 1.86. The van der Waals surface area contributed by atoms with Gasteiger partial charge < -0.3 is 15.0 Å². The lowest BCUT2D eigenvalue weighted by Crippen LogP contribution is -2.34. The highest BCUT2D eigenvalue weighted by molar-refractivity contribution is 7.09. The van der Waals surface area contributed by atoms with Crippen LogP contribution >= 0.6 is 11.3 Å². The van der Waals surface area contributed by atoms with Crippen LogP contribution in [0.4, 0.5) is 0 Å². The van der Waals surface area contributed by atoms with Crippen LogP contribution in [0, 0.1) is 6.92 Å². The zero-order valence-corrected chi connectivity index (χ0v) is 16.5. The Morgan fingerprint density at radius 1 is 1.35 bits per heavy atom. The van der Waals surface area contributed by atoms with Crippen LogP contribution in [0.25, 0.3) is 6.08 Å². The molecule has 1 aromatic heterocycles. The number of thiazole rings is 1. The van der Waals surface area contributed by atoms with Crippen molar-refractivity contribution in [3.8, 4) is 5.75 Å². The number of likely N-dealkylation sites (N-methyl/N-ethyl adjacent to an activating group) is 1. The molecule has 6 heteroatoms. The van der Waals surface area contributed by atoms with Crippen LogP contribution in [0.1, 0.15) is 30.1 Å². The van der Waals surface area contributed by atoms with E-state index in [4.69, 9.17) is 4.74 Å². The van der Waals surface area contributed by atoms with Crippen molar-refractivity contribution in [1.82, 2.24) is 15.2 Å². The molecule has 2 aromatic rings. The van der Waals surface area contributed by atoms with E-state index in [1.165, 1.54) is 0 Å². The first kappa shape index (κ1) is 20.1. The zero-order valence-electron chi connectivity index (χ0n) is 15.7. The van der Waals surface area contributed by atoms with E-state index in [0.717, 1.165) is 41.6 Å². The van der Waals surface area contributed by atoms with E-state index in [2.05, 4.69) is 29.0 Å². The van der Waals surface area contributed by atoms with Crippen molar-refractivity contribution in [3.63, 3.8) is 0 Å². The van der Waals surface area contributed by atoms with Gasteiger partial charge in [0, 0.05) is 24.5 Å². The molecule has 1 heterocycles. The third kappa shape index (κ3) is 6.98. The van der Waals surface area contributed by atoms with Crippen molar-refractivity contribution < 1.29 is 9.53 Å². The van der Waals surface area contributed by atoms with E-state index in [1.54, 1.807) is 23.5 Å². The Balaban J connectivity index is 1.81. The number of rotatable bonds is 10. The zero-order chi connectivity index (χ0) is 18.8. The van der Waals surface area contributed by atoms with Crippen molar-refractivity contribution in [3.05, 3.63) is 52.0 Å². The molecular formula is C20H27N3O2S. The second-order valence-electron chi connectivity index (χ2n) is 5.87. The quantitative estimate of drug-likeness (QED) is 0.648. The van der Waals surface area contributed by atoms with Crippen molar-refractivity contribution >= 4 is 23.3 Å². The number of hydrogen-bond donors (Lipinski definition) is 1. The van der Waals surface area contributed by atoms with Gasteiger partial charge in [-0.1, -0.05) is 26.0 Å². The lowest BCUT2D eigenvalue weighted by molar-refractivity contribution is -0.116. The van der Waals surface area contributed by atoms with Gasteiger partial charge in [0.25, 0.3) is 0 Å². The minimum Gasteiger partial charge on any atom is -0.487 e. The third-order valence-corrected chi connectivity index (χ3v) is 4.78. The van der Waals surface area contributed by atoms with Crippen molar-refractivity contribution in [2.75, 3.05) is 26.2 Å². The normalized spacial score (nSPS) is 11.2. The maximum Gasteiger partial charge on any atom is 0.244 e. The molecule has 0 spiro atoms. The van der Waals surface area contributed by atoms with Crippen LogP contribution < -0.4 is 10.1 Å². The average Bonchev–Trinajstić information content (AvgIpc) is 3.07. The van der Waals surface area contributed by atoms with Crippen LogP contribution in [0.2, 0.25) is 0 Å². The first-order valence-electron chi connectivity index (χ1n) is 8.92. The SMILES string of the molecule is CCN(CC)CCNC(=O)/C=C/c1cccc(OCc2csc(C)n2)c1. The number of aryl methyl sites for hydroxylation is 1. The molecular weight excluding hydrogens is 346 g/mol. The Hall–Kier alpha value is -2.18. The highest BCUT2D eigenvalue weighted by Gasteiger charge is 2.02. The Morgan fingerprint density at radius 2 is 2.15 bits per heavy atom. The summed E-state index contributed by atoms with van der Waals surface area (Å²) in [4.78, 5) is 18.6. The number of carbonyl (C=O) groups is 1. The molecule has 0 fully saturated rings. The standard InChI is InChI=1S/C20H27N3O2S/c1-4-23(5-2)12-11-21-20(24)10-9-17-7-6-8-19(13-17)25-14-18-15-26-16(3)22-18/h6-10,13,15H,4-5,11-12,14H2,1-3H3,(H,21,24)/b10-9+. The second kappa shape index (κ2) is 10.7. The first-order chi connectivity index (χ1) is 12.6. The molecule has 5 nitrogen and oxygen atoms in total. The molecule has 0 aliphatic heterocycles. The van der Waals surface area contributed by atoms with Gasteiger partial charge in [-0.2, -0.15) is 0 Å². The van der Waals surface area contributed by atoms with Gasteiger partial charge in [0.15, 0.2) is 0 Å². The molecule has 0 saturated heterocycles. The van der Waals surface area contributed by atoms with E-state index in [1.807, 2.05) is 36.6 Å². The smallest absolute Gasteiger partial charge is 0.244 e. The monoisotopic (exact) mass is 373 g/mol. The summed E-state index contributed by atoms with van der Waals surface area (Å²) < 4.78 is 5.77. The van der Waals surface area contributed by atoms with Crippen molar-refractivity contribution in [2.24, 2.45) is 0 Å². The Kier molecular flexibility index (Phi) is 8.31. The molecule has 0 atom stereocenters. The largest absolute Gasteiger partial charge is 0.487 e. The number of nitrogens with zero attached hydrogens (tertiary/aromatic N) is 2. The number of benzene rings is 1. The lowest BCUT2D eigenvalue weighted by Gasteiger charge is -2.17. The summed E-state index contributed by atoms with van der Waals surface area (Å²) in [5, 5.41) is 5.95. The van der Waals surface area contributed by atoms with Crippen LogP contribution in [0.3, 0.4) is 0 Å². The fraction of sp³-hybridized carbons (Fsp3) is 0.400. The highest BCUT2D eigenvalue weighted by Crippen LogP contribution is 2.17. The number of aromatic nitrogens is 1. The molecule has 26 heavy (non-hydrogen) atoms. The average molecular weight is 374 g/mol. The van der Waals surface area contributed by atoms with Crippen LogP contribution in [-0.4, -0.2) is 42.0 Å². The summed E-state index contributed by atoms with van der Waals surface area (Å²) >= 11 is 1.62. The number of amides is 1. The van der Waals surface area contributed by atoms with Crippen LogP contribution in [0.15, 0.2) is 35.7 Å². The Labute approximate surface area is 159 Å². The molecule has 140 valence electrons. The minimum absolute atomic E-state index is 0.0820. The molecule has 1 amide bonds. The summed E-state index contributed by atoms with van der Waals surface area (Å²) in [6.07, 6.45) is 3.36. The van der Waals surface area contributed by atoms with E-state index in [-0.39, 0.29) is 5.91 Å². The maximum absolute atomic E-state index is 11.9. The van der Waals surface area contributed by atoms with Gasteiger partial charge in [-0.3, -0.25) is 4.79 Å². The van der Waals surface area contributed by atoms with Gasteiger partial charge in [-0.15, -0.1) is 11.3 Å². The van der Waals surface area contributed by atoms with Gasteiger partial charge in [0.2, 0.25) is 5.91 Å². The van der Waals surface area contributed by atoms with E-state index in [0.29, 0.717) is 13.2 Å². The molecule has 2 rings (SSSR count). The molecule has 0 aliphatic carbocycles. The summed E-state index contributed by atoms with van der Waals surface area (Å²) in [6.45, 7) is 10.2. The van der Waals surface area contributed by atoms with Gasteiger partial charge in [-0.05, 0) is 43.8 Å². The van der Waals surface area contributed by atoms with Crippen LogP contribution in [-0.2, 0) is 11.4 Å². The van der Waals surface area contributed by atoms with Gasteiger partial charge in [0.1, 0.15) is 12.4 Å². The first-order valence-corrected chi connectivity index (χ1v) is 9.80. The van der Waals surface area contributed by atoms with E-state index in [9.17, 15) is 4.79 Å². The molecule has 0 unspecified atom stereocenters. The predicted molar refractivity (Wildman–Crippen MR) is 107 cm³/mol. The van der Waals surface area contributed by atoms with Gasteiger partial charge >= 0.3 is 0 Å². The van der Waals surface area contributed by atoms with E-state index < -0.39 is 0 Å². The molecule has 1 N–H and O–H groups in total. The highest BCUT2D eigenvalue weighted by atomic mass is 32.1. The summed E-state index contributed by atoms with van der Waals surface area (Å²) in [6, 6.07) is 7.68. The number of carbonyl (C=O) groups excluding carboxylic acids is 1. The second-order valence-corrected chi connectivity index (χ2v) is 6.93. The topological polar surface area (TPSA) is 54.5 Å². The van der Waals surface area contributed by atoms with Crippen molar-refractivity contribution in [2.45, 2.75) is 27.4 Å². The summed E-state index contributed by atoms with van der Waals surface area (Å²) in [5.74, 6) is 0.682. The Morgan fingerprint density at radius 3 is 2.85 bits per heavy atom. The lowest BCUT2D eigenvalue weighted by atomic mass is 10.2. The molecule has 0 radical (unpaired) electrons. The molecule has 0 aliphatic rings. The third-order valence-electron chi connectivity index (χ3n) is 3.96. The van der Waals surface area contributed by atoms with Gasteiger partial charge in [-0.25, -0.2) is 4.98 Å². The van der Waals surface area contributed by atoms with E-state index >= 15 is 0 Å². The number of hydrogen-bond acceptors (Lipinski definition) is 5. The Bertz CT molecular complexity index is 723. The predicted octanol–water partition coefficient (Wildman–Crippen LogP) is 3.50. The minimum atomic E-state index is -0.0820.